The predicted molar refractivity (Wildman–Crippen MR) is 136 cm³/mol. The molecule has 0 spiro atoms. The Balaban J connectivity index is 1.87. The summed E-state index contributed by atoms with van der Waals surface area (Å²) in [6, 6.07) is 24.0. The second-order valence-corrected chi connectivity index (χ2v) is 8.32. The van der Waals surface area contributed by atoms with Crippen molar-refractivity contribution in [2.24, 2.45) is 5.10 Å². The number of rotatable bonds is 10. The van der Waals surface area contributed by atoms with Gasteiger partial charge in [0.2, 0.25) is 0 Å². The van der Waals surface area contributed by atoms with Crippen LogP contribution >= 0.6 is 15.9 Å². The molecule has 3 rings (SSSR count). The molecule has 172 valence electrons. The lowest BCUT2D eigenvalue weighted by Crippen LogP contribution is -2.27. The first-order valence-electron chi connectivity index (χ1n) is 10.7. The van der Waals surface area contributed by atoms with Crippen molar-refractivity contribution in [3.05, 3.63) is 88.4 Å². The Bertz CT molecular complexity index is 1070. The molecule has 0 fully saturated rings. The minimum Gasteiger partial charge on any atom is -0.490 e. The summed E-state index contributed by atoms with van der Waals surface area (Å²) in [7, 11) is 3.38. The van der Waals surface area contributed by atoms with Crippen molar-refractivity contribution >= 4 is 33.7 Å². The average Bonchev–Trinajstić information content (AvgIpc) is 2.82. The van der Waals surface area contributed by atoms with E-state index in [1.807, 2.05) is 72.6 Å². The van der Waals surface area contributed by atoms with E-state index in [-0.39, 0.29) is 12.5 Å². The molecule has 3 aromatic rings. The van der Waals surface area contributed by atoms with Gasteiger partial charge in [0.1, 0.15) is 0 Å². The molecule has 0 saturated carbocycles. The molecule has 0 heterocycles. The van der Waals surface area contributed by atoms with E-state index in [2.05, 4.69) is 28.1 Å². The van der Waals surface area contributed by atoms with Gasteiger partial charge in [0.25, 0.3) is 5.91 Å². The van der Waals surface area contributed by atoms with Gasteiger partial charge in [-0.15, -0.1) is 0 Å². The lowest BCUT2D eigenvalue weighted by atomic mass is 10.2. The van der Waals surface area contributed by atoms with Crippen LogP contribution in [0.1, 0.15) is 18.1 Å². The molecule has 6 nitrogen and oxygen atoms in total. The van der Waals surface area contributed by atoms with Crippen LogP contribution in [-0.4, -0.2) is 44.3 Å². The van der Waals surface area contributed by atoms with E-state index in [1.165, 1.54) is 4.90 Å². The maximum absolute atomic E-state index is 11.9. The second kappa shape index (κ2) is 12.1. The SMILES string of the molecule is CCOc1cc(/C=N\N(Cc2ccccc2)c2ccccc2)cc(Br)c1OCC(=O)N(C)C. The highest BCUT2D eigenvalue weighted by Crippen LogP contribution is 2.36. The third-order valence-electron chi connectivity index (χ3n) is 4.75. The van der Waals surface area contributed by atoms with Crippen LogP contribution < -0.4 is 14.5 Å². The molecule has 0 radical (unpaired) electrons. The Morgan fingerprint density at radius 3 is 2.30 bits per heavy atom. The number of hydrogen-bond donors (Lipinski definition) is 0. The standard InChI is InChI=1S/C26H28BrN3O3/c1-4-32-24-16-21(15-23(27)26(24)33-19-25(31)29(2)3)17-28-30(22-13-9-6-10-14-22)18-20-11-7-5-8-12-20/h5-17H,4,18-19H2,1-3H3/b28-17-. The van der Waals surface area contributed by atoms with Crippen molar-refractivity contribution in [1.82, 2.24) is 4.90 Å². The number of likely N-dealkylation sites (N-methyl/N-ethyl adjacent to an activating group) is 1. The van der Waals surface area contributed by atoms with Crippen molar-refractivity contribution in [1.29, 1.82) is 0 Å². The molecule has 33 heavy (non-hydrogen) atoms. The van der Waals surface area contributed by atoms with Gasteiger partial charge in [0.05, 0.1) is 29.5 Å². The first-order chi connectivity index (χ1) is 16.0. The average molecular weight is 510 g/mol. The van der Waals surface area contributed by atoms with E-state index in [4.69, 9.17) is 14.6 Å². The van der Waals surface area contributed by atoms with E-state index < -0.39 is 0 Å². The predicted octanol–water partition coefficient (Wildman–Crippen LogP) is 5.36. The Labute approximate surface area is 203 Å². The molecule has 0 aliphatic heterocycles. The van der Waals surface area contributed by atoms with Gasteiger partial charge in [0.15, 0.2) is 18.1 Å². The van der Waals surface area contributed by atoms with Crippen molar-refractivity contribution in [3.63, 3.8) is 0 Å². The van der Waals surface area contributed by atoms with Gasteiger partial charge in [-0.2, -0.15) is 5.10 Å². The van der Waals surface area contributed by atoms with Crippen molar-refractivity contribution in [2.75, 3.05) is 32.3 Å². The molecule has 0 atom stereocenters. The van der Waals surface area contributed by atoms with Crippen LogP contribution in [0.25, 0.3) is 0 Å². The Morgan fingerprint density at radius 2 is 1.67 bits per heavy atom. The third kappa shape index (κ3) is 7.08. The fourth-order valence-electron chi connectivity index (χ4n) is 3.02. The third-order valence-corrected chi connectivity index (χ3v) is 5.34. The van der Waals surface area contributed by atoms with E-state index in [0.717, 1.165) is 16.8 Å². The molecule has 0 bridgehead atoms. The quantitative estimate of drug-likeness (QED) is 0.273. The summed E-state index contributed by atoms with van der Waals surface area (Å²) < 4.78 is 12.2. The summed E-state index contributed by atoms with van der Waals surface area (Å²) in [6.07, 6.45) is 1.79. The van der Waals surface area contributed by atoms with Gasteiger partial charge in [0, 0.05) is 14.1 Å². The normalized spacial score (nSPS) is 10.8. The summed E-state index contributed by atoms with van der Waals surface area (Å²) in [5, 5.41) is 6.71. The fraction of sp³-hybridized carbons (Fsp3) is 0.231. The first kappa shape index (κ1) is 24.3. The van der Waals surface area contributed by atoms with E-state index in [1.54, 1.807) is 20.3 Å². The zero-order valence-electron chi connectivity index (χ0n) is 19.1. The highest BCUT2D eigenvalue weighted by atomic mass is 79.9. The minimum absolute atomic E-state index is 0.0715. The molecule has 0 N–H and O–H groups in total. The summed E-state index contributed by atoms with van der Waals surface area (Å²) >= 11 is 3.56. The van der Waals surface area contributed by atoms with Crippen LogP contribution in [0.3, 0.4) is 0 Å². The number of nitrogens with zero attached hydrogens (tertiary/aromatic N) is 3. The number of carbonyl (C=O) groups excluding carboxylic acids is 1. The van der Waals surface area contributed by atoms with Crippen LogP contribution in [0.5, 0.6) is 11.5 Å². The highest BCUT2D eigenvalue weighted by molar-refractivity contribution is 9.10. The number of carbonyl (C=O) groups is 1. The van der Waals surface area contributed by atoms with Crippen molar-refractivity contribution in [2.45, 2.75) is 13.5 Å². The molecule has 0 aromatic heterocycles. The number of hydrogen-bond acceptors (Lipinski definition) is 5. The van der Waals surface area contributed by atoms with Crippen LogP contribution in [0, 0.1) is 0 Å². The zero-order valence-corrected chi connectivity index (χ0v) is 20.7. The monoisotopic (exact) mass is 509 g/mol. The van der Waals surface area contributed by atoms with E-state index in [0.29, 0.717) is 29.1 Å². The minimum atomic E-state index is -0.130. The summed E-state index contributed by atoms with van der Waals surface area (Å²) in [5.41, 5.74) is 2.98. The van der Waals surface area contributed by atoms with Crippen LogP contribution in [0.4, 0.5) is 5.69 Å². The molecule has 7 heteroatoms. The van der Waals surface area contributed by atoms with Gasteiger partial charge in [-0.05, 0) is 58.2 Å². The molecule has 3 aromatic carbocycles. The number of amides is 1. The number of para-hydroxylation sites is 1. The second-order valence-electron chi connectivity index (χ2n) is 7.46. The van der Waals surface area contributed by atoms with Crippen LogP contribution in [0.15, 0.2) is 82.4 Å². The maximum atomic E-state index is 11.9. The lowest BCUT2D eigenvalue weighted by Gasteiger charge is -2.19. The van der Waals surface area contributed by atoms with Gasteiger partial charge < -0.3 is 14.4 Å². The largest absolute Gasteiger partial charge is 0.490 e. The molecule has 0 saturated heterocycles. The van der Waals surface area contributed by atoms with E-state index in [9.17, 15) is 4.79 Å². The van der Waals surface area contributed by atoms with Gasteiger partial charge in [-0.3, -0.25) is 9.80 Å². The molecular weight excluding hydrogens is 482 g/mol. The number of hydrazone groups is 1. The Morgan fingerprint density at radius 1 is 1.00 bits per heavy atom. The topological polar surface area (TPSA) is 54.4 Å². The zero-order chi connectivity index (χ0) is 23.6. The smallest absolute Gasteiger partial charge is 0.259 e. The fourth-order valence-corrected chi connectivity index (χ4v) is 3.59. The number of anilines is 1. The lowest BCUT2D eigenvalue weighted by molar-refractivity contribution is -0.130. The summed E-state index contributed by atoms with van der Waals surface area (Å²) in [6.45, 7) is 2.93. The summed E-state index contributed by atoms with van der Waals surface area (Å²) in [5.74, 6) is 0.914. The molecule has 1 amide bonds. The number of benzene rings is 3. The van der Waals surface area contributed by atoms with Crippen LogP contribution in [-0.2, 0) is 11.3 Å². The van der Waals surface area contributed by atoms with Crippen LogP contribution in [0.2, 0.25) is 0 Å². The Hall–Kier alpha value is -3.32. The molecule has 0 aliphatic rings. The van der Waals surface area contributed by atoms with Gasteiger partial charge in [-0.25, -0.2) is 0 Å². The van der Waals surface area contributed by atoms with E-state index >= 15 is 0 Å². The van der Waals surface area contributed by atoms with Crippen molar-refractivity contribution in [3.8, 4) is 11.5 Å². The maximum Gasteiger partial charge on any atom is 0.259 e. The molecule has 0 aliphatic carbocycles. The number of ether oxygens (including phenoxy) is 2. The highest BCUT2D eigenvalue weighted by Gasteiger charge is 2.15. The molecular formula is C26H28BrN3O3. The first-order valence-corrected chi connectivity index (χ1v) is 11.5. The van der Waals surface area contributed by atoms with Gasteiger partial charge >= 0.3 is 0 Å². The van der Waals surface area contributed by atoms with Gasteiger partial charge in [-0.1, -0.05) is 48.5 Å². The summed E-state index contributed by atoms with van der Waals surface area (Å²) in [4.78, 5) is 13.4. The Kier molecular flexibility index (Phi) is 8.89. The number of halogens is 1. The van der Waals surface area contributed by atoms with Crippen molar-refractivity contribution < 1.29 is 14.3 Å². The molecule has 0 unspecified atom stereocenters.